The minimum absolute atomic E-state index is 0.0694. The first kappa shape index (κ1) is 14.8. The molecule has 0 unspecified atom stereocenters. The number of aromatic nitrogens is 2. The van der Waals surface area contributed by atoms with Crippen LogP contribution in [0.1, 0.15) is 16.2 Å². The number of imidazole rings is 1. The van der Waals surface area contributed by atoms with Gasteiger partial charge in [-0.25, -0.2) is 4.98 Å². The second-order valence-electron chi connectivity index (χ2n) is 5.09. The number of carbonyl (C=O) groups excluding carboxylic acids is 1. The highest BCUT2D eigenvalue weighted by molar-refractivity contribution is 9.10. The van der Waals surface area contributed by atoms with E-state index in [-0.39, 0.29) is 5.91 Å². The summed E-state index contributed by atoms with van der Waals surface area (Å²) >= 11 is 3.37. The molecule has 0 aliphatic rings. The maximum absolute atomic E-state index is 12.1. The Morgan fingerprint density at radius 1 is 1.23 bits per heavy atom. The topological polar surface area (TPSA) is 46.9 Å². The monoisotopic (exact) mass is 357 g/mol. The third-order valence-electron chi connectivity index (χ3n) is 3.60. The van der Waals surface area contributed by atoms with Crippen LogP contribution in [0.15, 0.2) is 53.0 Å². The summed E-state index contributed by atoms with van der Waals surface area (Å²) < 4.78 is 2.97. The Labute approximate surface area is 137 Å². The Morgan fingerprint density at radius 3 is 2.82 bits per heavy atom. The summed E-state index contributed by atoms with van der Waals surface area (Å²) in [4.78, 5) is 16.7. The van der Waals surface area contributed by atoms with Crippen molar-refractivity contribution in [1.29, 1.82) is 0 Å². The van der Waals surface area contributed by atoms with Crippen LogP contribution in [-0.2, 0) is 13.5 Å². The van der Waals surface area contributed by atoms with Crippen molar-refractivity contribution in [3.05, 3.63) is 64.4 Å². The summed E-state index contributed by atoms with van der Waals surface area (Å²) in [6.45, 7) is 0.558. The summed E-state index contributed by atoms with van der Waals surface area (Å²) in [5, 5.41) is 2.93. The molecule has 22 heavy (non-hydrogen) atoms. The molecule has 0 atom stereocenters. The van der Waals surface area contributed by atoms with Gasteiger partial charge in [-0.1, -0.05) is 34.1 Å². The number of benzene rings is 2. The number of carbonyl (C=O) groups is 1. The zero-order valence-corrected chi connectivity index (χ0v) is 13.8. The summed E-state index contributed by atoms with van der Waals surface area (Å²) in [5.41, 5.74) is 2.74. The van der Waals surface area contributed by atoms with Gasteiger partial charge in [0.05, 0.1) is 11.0 Å². The van der Waals surface area contributed by atoms with Crippen molar-refractivity contribution in [2.45, 2.75) is 6.42 Å². The van der Waals surface area contributed by atoms with Gasteiger partial charge in [-0.2, -0.15) is 0 Å². The van der Waals surface area contributed by atoms with Crippen molar-refractivity contribution in [3.63, 3.8) is 0 Å². The van der Waals surface area contributed by atoms with Crippen LogP contribution in [-0.4, -0.2) is 22.0 Å². The molecular formula is C17H16BrN3O. The molecule has 4 nitrogen and oxygen atoms in total. The molecule has 1 aromatic heterocycles. The van der Waals surface area contributed by atoms with Crippen LogP contribution >= 0.6 is 15.9 Å². The molecule has 112 valence electrons. The Kier molecular flexibility index (Phi) is 4.24. The van der Waals surface area contributed by atoms with E-state index in [0.29, 0.717) is 18.5 Å². The molecule has 5 heteroatoms. The number of nitrogens with zero attached hydrogens (tertiary/aromatic N) is 2. The molecule has 1 heterocycles. The highest BCUT2D eigenvalue weighted by atomic mass is 79.9. The number of rotatable bonds is 4. The zero-order chi connectivity index (χ0) is 15.5. The van der Waals surface area contributed by atoms with Gasteiger partial charge in [-0.3, -0.25) is 4.79 Å². The van der Waals surface area contributed by atoms with Gasteiger partial charge in [0.2, 0.25) is 0 Å². The van der Waals surface area contributed by atoms with Gasteiger partial charge >= 0.3 is 0 Å². The first-order chi connectivity index (χ1) is 10.6. The van der Waals surface area contributed by atoms with Gasteiger partial charge in [-0.15, -0.1) is 0 Å². The summed E-state index contributed by atoms with van der Waals surface area (Å²) in [5.74, 6) is 0.899. The molecule has 0 spiro atoms. The highest BCUT2D eigenvalue weighted by Gasteiger charge is 2.09. The first-order valence-electron chi connectivity index (χ1n) is 7.09. The van der Waals surface area contributed by atoms with Crippen molar-refractivity contribution >= 4 is 32.9 Å². The van der Waals surface area contributed by atoms with Gasteiger partial charge < -0.3 is 9.88 Å². The molecule has 1 N–H and O–H groups in total. The van der Waals surface area contributed by atoms with Crippen LogP contribution in [0.5, 0.6) is 0 Å². The molecule has 1 amide bonds. The average Bonchev–Trinajstić information content (AvgIpc) is 2.84. The molecule has 0 aliphatic carbocycles. The molecule has 0 bridgehead atoms. The molecule has 0 radical (unpaired) electrons. The number of nitrogens with one attached hydrogen (secondary N) is 1. The molecule has 2 aromatic carbocycles. The molecule has 0 fully saturated rings. The lowest BCUT2D eigenvalue weighted by molar-refractivity contribution is 0.0954. The lowest BCUT2D eigenvalue weighted by Crippen LogP contribution is -2.26. The number of halogens is 1. The van der Waals surface area contributed by atoms with Gasteiger partial charge in [0.15, 0.2) is 0 Å². The van der Waals surface area contributed by atoms with E-state index in [1.807, 2.05) is 49.5 Å². The Bertz CT molecular complexity index is 826. The summed E-state index contributed by atoms with van der Waals surface area (Å²) in [7, 11) is 2.00. The third kappa shape index (κ3) is 3.04. The van der Waals surface area contributed by atoms with E-state index in [9.17, 15) is 4.79 Å². The van der Waals surface area contributed by atoms with Crippen molar-refractivity contribution in [1.82, 2.24) is 14.9 Å². The van der Waals surface area contributed by atoms with Gasteiger partial charge in [0.1, 0.15) is 5.82 Å². The van der Waals surface area contributed by atoms with E-state index in [0.717, 1.165) is 21.3 Å². The van der Waals surface area contributed by atoms with Crippen LogP contribution in [0.3, 0.4) is 0 Å². The maximum atomic E-state index is 12.1. The minimum atomic E-state index is -0.0694. The molecule has 3 aromatic rings. The van der Waals surface area contributed by atoms with Crippen LogP contribution in [0.2, 0.25) is 0 Å². The second kappa shape index (κ2) is 6.32. The SMILES string of the molecule is Cn1c(CCNC(=O)c2cccc(Br)c2)nc2ccccc21. The average molecular weight is 358 g/mol. The fourth-order valence-corrected chi connectivity index (χ4v) is 2.84. The van der Waals surface area contributed by atoms with E-state index in [4.69, 9.17) is 0 Å². The number of para-hydroxylation sites is 2. The van der Waals surface area contributed by atoms with E-state index < -0.39 is 0 Å². The Balaban J connectivity index is 1.65. The van der Waals surface area contributed by atoms with Crippen molar-refractivity contribution < 1.29 is 4.79 Å². The number of hydrogen-bond donors (Lipinski definition) is 1. The second-order valence-corrected chi connectivity index (χ2v) is 6.01. The molecule has 0 aliphatic heterocycles. The van der Waals surface area contributed by atoms with E-state index >= 15 is 0 Å². The standard InChI is InChI=1S/C17H16BrN3O/c1-21-15-8-3-2-7-14(15)20-16(21)9-10-19-17(22)12-5-4-6-13(18)11-12/h2-8,11H,9-10H2,1H3,(H,19,22). The molecule has 0 saturated heterocycles. The number of amides is 1. The van der Waals surface area contributed by atoms with Crippen LogP contribution in [0.25, 0.3) is 11.0 Å². The molecule has 3 rings (SSSR count). The van der Waals surface area contributed by atoms with Gasteiger partial charge in [0, 0.05) is 30.0 Å². The van der Waals surface area contributed by atoms with Crippen molar-refractivity contribution in [2.24, 2.45) is 7.05 Å². The van der Waals surface area contributed by atoms with E-state index in [1.54, 1.807) is 6.07 Å². The molecular weight excluding hydrogens is 342 g/mol. The normalized spacial score (nSPS) is 10.8. The smallest absolute Gasteiger partial charge is 0.251 e. The van der Waals surface area contributed by atoms with Gasteiger partial charge in [0.25, 0.3) is 5.91 Å². The van der Waals surface area contributed by atoms with Gasteiger partial charge in [-0.05, 0) is 30.3 Å². The van der Waals surface area contributed by atoms with E-state index in [2.05, 4.69) is 30.8 Å². The van der Waals surface area contributed by atoms with Crippen LogP contribution in [0, 0.1) is 0 Å². The largest absolute Gasteiger partial charge is 0.352 e. The van der Waals surface area contributed by atoms with Crippen molar-refractivity contribution in [2.75, 3.05) is 6.54 Å². The summed E-state index contributed by atoms with van der Waals surface area (Å²) in [6.07, 6.45) is 0.699. The predicted octanol–water partition coefficient (Wildman–Crippen LogP) is 3.31. The highest BCUT2D eigenvalue weighted by Crippen LogP contribution is 2.14. The fourth-order valence-electron chi connectivity index (χ4n) is 2.44. The maximum Gasteiger partial charge on any atom is 0.251 e. The number of fused-ring (bicyclic) bond motifs is 1. The first-order valence-corrected chi connectivity index (χ1v) is 7.88. The van der Waals surface area contributed by atoms with Crippen LogP contribution < -0.4 is 5.32 Å². The van der Waals surface area contributed by atoms with E-state index in [1.165, 1.54) is 0 Å². The predicted molar refractivity (Wildman–Crippen MR) is 90.9 cm³/mol. The lowest BCUT2D eigenvalue weighted by atomic mass is 10.2. The minimum Gasteiger partial charge on any atom is -0.352 e. The Morgan fingerprint density at radius 2 is 2.05 bits per heavy atom. The molecule has 0 saturated carbocycles. The van der Waals surface area contributed by atoms with Crippen LogP contribution in [0.4, 0.5) is 0 Å². The lowest BCUT2D eigenvalue weighted by Gasteiger charge is -2.06. The quantitative estimate of drug-likeness (QED) is 0.778. The fraction of sp³-hybridized carbons (Fsp3) is 0.176. The van der Waals surface area contributed by atoms with Crippen molar-refractivity contribution in [3.8, 4) is 0 Å². The third-order valence-corrected chi connectivity index (χ3v) is 4.09. The summed E-state index contributed by atoms with van der Waals surface area (Å²) in [6, 6.07) is 15.4. The number of aryl methyl sites for hydroxylation is 1. The zero-order valence-electron chi connectivity index (χ0n) is 12.2. The Hall–Kier alpha value is -2.14. The number of hydrogen-bond acceptors (Lipinski definition) is 2.